The summed E-state index contributed by atoms with van der Waals surface area (Å²) in [5.41, 5.74) is 12.5. The lowest BCUT2D eigenvalue weighted by Gasteiger charge is -2.25. The molecule has 3 aliphatic heterocycles. The Morgan fingerprint density at radius 3 is 1.39 bits per heavy atom. The van der Waals surface area contributed by atoms with E-state index in [1.165, 1.54) is 11.1 Å². The molecule has 0 spiro atoms. The fourth-order valence-corrected chi connectivity index (χ4v) is 15.5. The number of β-amino-alcohol motifs (C(OH)–C–C–N with tert-alkyl or cyclic N) is 2. The number of rotatable bonds is 20. The van der Waals surface area contributed by atoms with Crippen LogP contribution in [-0.4, -0.2) is 144 Å². The molecule has 0 saturated carbocycles. The summed E-state index contributed by atoms with van der Waals surface area (Å²) in [6.45, 7) is 13.3. The van der Waals surface area contributed by atoms with Gasteiger partial charge in [-0.3, -0.25) is 19.0 Å². The van der Waals surface area contributed by atoms with Gasteiger partial charge in [0.25, 0.3) is 17.7 Å². The maximum atomic E-state index is 12.6. The molecule has 524 valence electrons. The van der Waals surface area contributed by atoms with E-state index >= 15 is 0 Å². The fourth-order valence-electron chi connectivity index (χ4n) is 15.2. The van der Waals surface area contributed by atoms with Gasteiger partial charge in [-0.25, -0.2) is 4.18 Å². The molecule has 6 heterocycles. The quantitative estimate of drug-likeness (QED) is 0.0597. The Hall–Kier alpha value is -10.7. The first-order chi connectivity index (χ1) is 49.2. The standard InChI is InChI=1S/C25H24N4O7S.C25H24N4O4.C25H26N4O3/c1-14(2)35-21-7-6-15(10-17(21)13-26)25-27-24(28-36-25)19-5-3-4-18-20(19)11-16-12-22(30)29(23(16)18)8-9-34-37(31,32)33;1-14(2)32-21-7-6-15(10-17(21)13-26)24-27-25(33-28-24)19-5-3-4-18-20(19)11-16-12-22(31)29(8-9-30)23(16)18;1-15(2)31-22-7-6-17(12-18(22)14-26)25-27-24(28-32-25)20-5-3-4-19-21(20)13-16-8-9-29(10-11-30)23(16)19/h3-7,10,14,16,23H,8-9,11-12H2,1-2H3,(H,31,32,33);3-7,10,14,16,23,30H,8-9,11-12H2,1-2H3;3-7,12,15-16,23,30H,8-11,13H2,1-2H3. The van der Waals surface area contributed by atoms with E-state index in [0.717, 1.165) is 64.8 Å². The zero-order chi connectivity index (χ0) is 71.7. The summed E-state index contributed by atoms with van der Waals surface area (Å²) < 4.78 is 68.9. The van der Waals surface area contributed by atoms with Gasteiger partial charge >= 0.3 is 10.4 Å². The molecule has 102 heavy (non-hydrogen) atoms. The Morgan fingerprint density at radius 1 is 0.510 bits per heavy atom. The van der Waals surface area contributed by atoms with Gasteiger partial charge in [0, 0.05) is 71.9 Å². The highest BCUT2D eigenvalue weighted by atomic mass is 32.3. The minimum Gasteiger partial charge on any atom is -0.490 e. The molecule has 3 N–H and O–H groups in total. The second-order valence-electron chi connectivity index (χ2n) is 26.7. The molecule has 2 amide bonds. The number of carbonyl (C=O) groups excluding carboxylic acids is 2. The number of likely N-dealkylation sites (tertiary alicyclic amines) is 3. The molecule has 6 aromatic carbocycles. The van der Waals surface area contributed by atoms with Crippen LogP contribution in [-0.2, 0) is 43.4 Å². The van der Waals surface area contributed by atoms with Crippen molar-refractivity contribution in [3.63, 3.8) is 0 Å². The van der Waals surface area contributed by atoms with Gasteiger partial charge in [0.15, 0.2) is 0 Å². The van der Waals surface area contributed by atoms with Gasteiger partial charge in [0.2, 0.25) is 29.3 Å². The van der Waals surface area contributed by atoms with E-state index in [0.29, 0.717) is 124 Å². The Bertz CT molecular complexity index is 4910. The van der Waals surface area contributed by atoms with Crippen LogP contribution >= 0.6 is 0 Å². The maximum absolute atomic E-state index is 12.6. The smallest absolute Gasteiger partial charge is 0.397 e. The lowest BCUT2D eigenvalue weighted by atomic mass is 10.0. The molecule has 26 nitrogen and oxygen atoms in total. The minimum atomic E-state index is -4.58. The third-order valence-corrected chi connectivity index (χ3v) is 19.6. The molecule has 9 aromatic rings. The molecular weight excluding hydrogens is 1320 g/mol. The number of aliphatic hydroxyl groups excluding tert-OH is 2. The Labute approximate surface area is 588 Å². The number of ether oxygens (including phenoxy) is 3. The highest BCUT2D eigenvalue weighted by Gasteiger charge is 2.48. The van der Waals surface area contributed by atoms with Crippen molar-refractivity contribution < 1.29 is 64.7 Å². The predicted octanol–water partition coefficient (Wildman–Crippen LogP) is 10.8. The van der Waals surface area contributed by atoms with E-state index in [9.17, 15) is 44.0 Å². The second-order valence-corrected chi connectivity index (χ2v) is 27.8. The molecular formula is C75H74N12O14S. The van der Waals surface area contributed by atoms with E-state index in [1.54, 1.807) is 52.3 Å². The summed E-state index contributed by atoms with van der Waals surface area (Å²) in [6, 6.07) is 40.2. The number of hydrogen-bond acceptors (Lipinski definition) is 23. The summed E-state index contributed by atoms with van der Waals surface area (Å²) in [7, 11) is -4.58. The highest BCUT2D eigenvalue weighted by Crippen LogP contribution is 2.52. The van der Waals surface area contributed by atoms with Crippen LogP contribution in [0.25, 0.3) is 68.5 Å². The van der Waals surface area contributed by atoms with Crippen molar-refractivity contribution in [2.45, 2.75) is 117 Å². The molecule has 27 heteroatoms. The number of benzene rings is 6. The average Bonchev–Trinajstić information content (AvgIpc) is 1.60. The van der Waals surface area contributed by atoms with E-state index < -0.39 is 10.4 Å². The third kappa shape index (κ3) is 14.2. The predicted molar refractivity (Wildman–Crippen MR) is 367 cm³/mol. The van der Waals surface area contributed by atoms with Crippen molar-refractivity contribution in [2.75, 3.05) is 46.0 Å². The van der Waals surface area contributed by atoms with E-state index in [-0.39, 0.29) is 86.3 Å². The summed E-state index contributed by atoms with van der Waals surface area (Å²) >= 11 is 0. The molecule has 0 radical (unpaired) electrons. The summed E-state index contributed by atoms with van der Waals surface area (Å²) in [4.78, 5) is 44.6. The number of aromatic nitrogens is 6. The van der Waals surface area contributed by atoms with Gasteiger partial charge in [-0.15, -0.1) is 0 Å². The van der Waals surface area contributed by atoms with Crippen LogP contribution in [0.4, 0.5) is 0 Å². The molecule has 6 aliphatic rings. The lowest BCUT2D eigenvalue weighted by Crippen LogP contribution is -2.32. The topological polar surface area (TPSA) is 364 Å². The van der Waals surface area contributed by atoms with Crippen LogP contribution in [0.15, 0.2) is 123 Å². The molecule has 0 bridgehead atoms. The van der Waals surface area contributed by atoms with E-state index in [1.807, 2.05) is 102 Å². The summed E-state index contributed by atoms with van der Waals surface area (Å²) in [6.07, 6.45) is 4.18. The second kappa shape index (κ2) is 29.5. The number of carbonyl (C=O) groups is 2. The Balaban J connectivity index is 0.000000137. The van der Waals surface area contributed by atoms with Crippen molar-refractivity contribution in [2.24, 2.45) is 17.8 Å². The van der Waals surface area contributed by atoms with Crippen LogP contribution < -0.4 is 14.2 Å². The van der Waals surface area contributed by atoms with Crippen LogP contribution in [0.2, 0.25) is 0 Å². The van der Waals surface area contributed by atoms with Crippen molar-refractivity contribution in [1.29, 1.82) is 15.8 Å². The Kier molecular flexibility index (Phi) is 20.2. The Morgan fingerprint density at radius 2 is 0.922 bits per heavy atom. The zero-order valence-electron chi connectivity index (χ0n) is 56.9. The SMILES string of the molecule is CC(C)Oc1ccc(-c2nc(-c3cccc4c3CC3CC(=O)N(CCOS(=O)(=O)O)C43)no2)cc1C#N.CC(C)Oc1ccc(-c2nc(-c3cccc4c3CC3CCN(CCO)C43)no2)cc1C#N.CC(C)Oc1ccc(-c2noc(-c3cccc4c3CC3CC(=O)N(CCO)C43)n2)cc1C#N. The first-order valence-electron chi connectivity index (χ1n) is 33.9. The molecule has 3 saturated heterocycles. The zero-order valence-corrected chi connectivity index (χ0v) is 57.7. The first-order valence-corrected chi connectivity index (χ1v) is 35.3. The van der Waals surface area contributed by atoms with Gasteiger partial charge in [-0.2, -0.15) is 39.2 Å². The van der Waals surface area contributed by atoms with Gasteiger partial charge in [-0.1, -0.05) is 64.0 Å². The normalized spacial score (nSPS) is 19.1. The number of nitrogens with zero attached hydrogens (tertiary/aromatic N) is 12. The van der Waals surface area contributed by atoms with Crippen LogP contribution in [0, 0.1) is 51.7 Å². The van der Waals surface area contributed by atoms with Crippen molar-refractivity contribution in [1.82, 2.24) is 45.1 Å². The monoisotopic (exact) mass is 1400 g/mol. The molecule has 15 rings (SSSR count). The molecule has 6 atom stereocenters. The molecule has 3 fully saturated rings. The fraction of sp³-hybridized carbons (Fsp3) is 0.373. The van der Waals surface area contributed by atoms with Crippen LogP contribution in [0.1, 0.15) is 129 Å². The van der Waals surface area contributed by atoms with E-state index in [2.05, 4.69) is 63.8 Å². The highest BCUT2D eigenvalue weighted by molar-refractivity contribution is 7.80. The summed E-state index contributed by atoms with van der Waals surface area (Å²) in [5, 5.41) is 60.0. The van der Waals surface area contributed by atoms with Crippen LogP contribution in [0.3, 0.4) is 0 Å². The van der Waals surface area contributed by atoms with Crippen molar-refractivity contribution in [3.05, 3.63) is 159 Å². The minimum absolute atomic E-state index is 0.0177. The maximum Gasteiger partial charge on any atom is 0.397 e. The van der Waals surface area contributed by atoms with Gasteiger partial charge in [0.1, 0.15) is 35.5 Å². The van der Waals surface area contributed by atoms with Gasteiger partial charge < -0.3 is 47.8 Å². The largest absolute Gasteiger partial charge is 0.490 e. The number of aliphatic hydroxyl groups is 2. The number of fused-ring (bicyclic) bond motifs is 9. The summed E-state index contributed by atoms with van der Waals surface area (Å²) in [5.74, 6) is 4.72. The average molecular weight is 1400 g/mol. The third-order valence-electron chi connectivity index (χ3n) is 19.1. The van der Waals surface area contributed by atoms with Crippen LogP contribution in [0.5, 0.6) is 17.2 Å². The number of amides is 2. The van der Waals surface area contributed by atoms with Gasteiger partial charge in [-0.05, 0) is 186 Å². The number of nitriles is 3. The molecule has 6 unspecified atom stereocenters. The number of hydrogen-bond donors (Lipinski definition) is 3. The van der Waals surface area contributed by atoms with E-state index in [4.69, 9.17) is 32.3 Å². The van der Waals surface area contributed by atoms with Crippen molar-refractivity contribution >= 4 is 22.2 Å². The molecule has 3 aromatic heterocycles. The molecule has 3 aliphatic carbocycles. The lowest BCUT2D eigenvalue weighted by molar-refractivity contribution is -0.130. The van der Waals surface area contributed by atoms with Crippen molar-refractivity contribution in [3.8, 4) is 104 Å². The van der Waals surface area contributed by atoms with Gasteiger partial charge in [0.05, 0.1) is 66.9 Å². The first kappa shape index (κ1) is 69.8.